The largest absolute Gasteiger partial charge is 0.506 e. The summed E-state index contributed by atoms with van der Waals surface area (Å²) in [5.74, 6) is -0.939. The highest BCUT2D eigenvalue weighted by atomic mass is 35.5. The van der Waals surface area contributed by atoms with Gasteiger partial charge in [-0.3, -0.25) is 4.79 Å². The fourth-order valence-electron chi connectivity index (χ4n) is 1.75. The lowest BCUT2D eigenvalue weighted by molar-refractivity contribution is -0.112. The topological polar surface area (TPSA) is 73.1 Å². The Morgan fingerprint density at radius 3 is 2.52 bits per heavy atom. The van der Waals surface area contributed by atoms with Gasteiger partial charge in [-0.2, -0.15) is 5.26 Å². The number of carbonyl (C=O) groups excluding carboxylic acids is 1. The van der Waals surface area contributed by atoms with Crippen molar-refractivity contribution in [3.8, 4) is 11.8 Å². The minimum Gasteiger partial charge on any atom is -0.506 e. The summed E-state index contributed by atoms with van der Waals surface area (Å²) in [5.41, 5.74) is 0.292. The normalized spacial score (nSPS) is 11.0. The van der Waals surface area contributed by atoms with E-state index in [2.05, 4.69) is 5.32 Å². The molecule has 0 saturated heterocycles. The van der Waals surface area contributed by atoms with Crippen molar-refractivity contribution in [2.24, 2.45) is 0 Å². The summed E-state index contributed by atoms with van der Waals surface area (Å²) in [6, 6.07) is 11.1. The van der Waals surface area contributed by atoms with Gasteiger partial charge in [-0.05, 0) is 30.3 Å². The Morgan fingerprint density at radius 2 is 1.87 bits per heavy atom. The third-order valence-corrected chi connectivity index (χ3v) is 3.68. The number of hydrogen-bond acceptors (Lipinski definition) is 3. The summed E-state index contributed by atoms with van der Waals surface area (Å²) in [7, 11) is 0. The molecule has 0 unspecified atom stereocenters. The van der Waals surface area contributed by atoms with E-state index >= 15 is 0 Å². The van der Waals surface area contributed by atoms with Crippen LogP contribution in [-0.4, -0.2) is 11.0 Å². The van der Waals surface area contributed by atoms with E-state index in [9.17, 15) is 15.2 Å². The summed E-state index contributed by atoms with van der Waals surface area (Å²) in [6.45, 7) is 0. The molecule has 0 aliphatic carbocycles. The van der Waals surface area contributed by atoms with Crippen LogP contribution < -0.4 is 5.32 Å². The smallest absolute Gasteiger partial charge is 0.266 e. The van der Waals surface area contributed by atoms with E-state index in [0.29, 0.717) is 10.7 Å². The van der Waals surface area contributed by atoms with Gasteiger partial charge >= 0.3 is 0 Å². The molecule has 0 aromatic heterocycles. The third kappa shape index (κ3) is 4.17. The predicted octanol–water partition coefficient (Wildman–Crippen LogP) is 4.90. The number of anilines is 1. The van der Waals surface area contributed by atoms with Gasteiger partial charge in [0, 0.05) is 10.6 Å². The van der Waals surface area contributed by atoms with E-state index in [0.717, 1.165) is 0 Å². The van der Waals surface area contributed by atoms with Crippen LogP contribution in [0, 0.1) is 11.3 Å². The van der Waals surface area contributed by atoms with Crippen LogP contribution in [0.25, 0.3) is 6.08 Å². The zero-order chi connectivity index (χ0) is 17.0. The van der Waals surface area contributed by atoms with Gasteiger partial charge in [-0.15, -0.1) is 0 Å². The second-order valence-electron chi connectivity index (χ2n) is 4.43. The van der Waals surface area contributed by atoms with Gasteiger partial charge in [-0.1, -0.05) is 46.9 Å². The molecular weight excluding hydrogens is 359 g/mol. The number of aromatic hydroxyl groups is 1. The molecule has 116 valence electrons. The molecular formula is C16H9Cl3N2O2. The highest BCUT2D eigenvalue weighted by molar-refractivity contribution is 6.36. The van der Waals surface area contributed by atoms with Crippen LogP contribution in [0.15, 0.2) is 42.0 Å². The monoisotopic (exact) mass is 366 g/mol. The Bertz CT molecular complexity index is 842. The van der Waals surface area contributed by atoms with Crippen LogP contribution in [0.1, 0.15) is 5.56 Å². The quantitative estimate of drug-likeness (QED) is 0.598. The van der Waals surface area contributed by atoms with Crippen LogP contribution in [-0.2, 0) is 4.79 Å². The minimum absolute atomic E-state index is 0.0209. The maximum atomic E-state index is 12.2. The van der Waals surface area contributed by atoms with Crippen LogP contribution in [0.4, 0.5) is 5.69 Å². The lowest BCUT2D eigenvalue weighted by Crippen LogP contribution is -2.13. The van der Waals surface area contributed by atoms with Crippen molar-refractivity contribution >= 4 is 52.5 Å². The Hall–Kier alpha value is -2.19. The fourth-order valence-corrected chi connectivity index (χ4v) is 2.44. The van der Waals surface area contributed by atoms with Crippen molar-refractivity contribution in [3.63, 3.8) is 0 Å². The summed E-state index contributed by atoms with van der Waals surface area (Å²) >= 11 is 17.6. The average molecular weight is 368 g/mol. The third-order valence-electron chi connectivity index (χ3n) is 2.84. The van der Waals surface area contributed by atoms with Crippen molar-refractivity contribution in [1.82, 2.24) is 0 Å². The van der Waals surface area contributed by atoms with Crippen molar-refractivity contribution in [2.45, 2.75) is 0 Å². The maximum absolute atomic E-state index is 12.2. The number of para-hydroxylation sites is 1. The van der Waals surface area contributed by atoms with Crippen molar-refractivity contribution in [3.05, 3.63) is 62.6 Å². The van der Waals surface area contributed by atoms with Gasteiger partial charge in [0.1, 0.15) is 17.4 Å². The van der Waals surface area contributed by atoms with Crippen molar-refractivity contribution in [1.29, 1.82) is 5.26 Å². The molecule has 0 aliphatic heterocycles. The molecule has 0 saturated carbocycles. The van der Waals surface area contributed by atoms with Gasteiger partial charge in [0.15, 0.2) is 0 Å². The molecule has 23 heavy (non-hydrogen) atoms. The van der Waals surface area contributed by atoms with E-state index in [1.807, 2.05) is 0 Å². The van der Waals surface area contributed by atoms with Crippen molar-refractivity contribution < 1.29 is 9.90 Å². The second-order valence-corrected chi connectivity index (χ2v) is 5.68. The first-order valence-corrected chi connectivity index (χ1v) is 7.41. The molecule has 2 aromatic carbocycles. The molecule has 1 amide bonds. The first kappa shape index (κ1) is 17.2. The Morgan fingerprint density at radius 1 is 1.17 bits per heavy atom. The van der Waals surface area contributed by atoms with E-state index < -0.39 is 5.91 Å². The zero-order valence-electron chi connectivity index (χ0n) is 11.5. The lowest BCUT2D eigenvalue weighted by Gasteiger charge is -2.07. The van der Waals surface area contributed by atoms with E-state index in [-0.39, 0.29) is 26.9 Å². The number of halogens is 3. The van der Waals surface area contributed by atoms with Gasteiger partial charge in [0.2, 0.25) is 0 Å². The highest BCUT2D eigenvalue weighted by Gasteiger charge is 2.13. The summed E-state index contributed by atoms with van der Waals surface area (Å²) in [4.78, 5) is 12.2. The molecule has 7 heteroatoms. The Balaban J connectivity index is 2.35. The minimum atomic E-state index is -0.670. The number of nitrogens with zero attached hydrogens (tertiary/aromatic N) is 1. The molecule has 0 heterocycles. The molecule has 2 N–H and O–H groups in total. The number of rotatable bonds is 3. The average Bonchev–Trinajstić information content (AvgIpc) is 2.51. The molecule has 0 spiro atoms. The molecule has 0 bridgehead atoms. The first-order chi connectivity index (χ1) is 10.9. The molecule has 2 rings (SSSR count). The van der Waals surface area contributed by atoms with Crippen molar-refractivity contribution in [2.75, 3.05) is 5.32 Å². The number of hydrogen-bond donors (Lipinski definition) is 2. The number of benzene rings is 2. The van der Waals surface area contributed by atoms with E-state index in [1.165, 1.54) is 18.2 Å². The van der Waals surface area contributed by atoms with Crippen LogP contribution in [0.3, 0.4) is 0 Å². The Kier molecular flexibility index (Phi) is 5.51. The van der Waals surface area contributed by atoms with Gasteiger partial charge in [0.25, 0.3) is 5.91 Å². The SMILES string of the molecule is N#C/C(=C\c1cc(Cl)cc(Cl)c1O)C(=O)Nc1ccccc1Cl. The molecule has 0 atom stereocenters. The summed E-state index contributed by atoms with van der Waals surface area (Å²) < 4.78 is 0. The highest BCUT2D eigenvalue weighted by Crippen LogP contribution is 2.32. The molecule has 2 aromatic rings. The van der Waals surface area contributed by atoms with Gasteiger partial charge < -0.3 is 10.4 Å². The maximum Gasteiger partial charge on any atom is 0.266 e. The molecule has 0 aliphatic rings. The van der Waals surface area contributed by atoms with Crippen LogP contribution in [0.5, 0.6) is 5.75 Å². The number of nitrogens with one attached hydrogen (secondary N) is 1. The lowest BCUT2D eigenvalue weighted by atomic mass is 10.1. The zero-order valence-corrected chi connectivity index (χ0v) is 13.7. The van der Waals surface area contributed by atoms with E-state index in [1.54, 1.807) is 30.3 Å². The number of carbonyl (C=O) groups is 1. The standard InChI is InChI=1S/C16H9Cl3N2O2/c17-11-6-9(15(22)13(19)7-11)5-10(8-20)16(23)21-14-4-2-1-3-12(14)18/h1-7,22H,(H,21,23)/b10-5+. The second kappa shape index (κ2) is 7.38. The number of amides is 1. The summed E-state index contributed by atoms with van der Waals surface area (Å²) in [5, 5.41) is 22.2. The van der Waals surface area contributed by atoms with Gasteiger partial charge in [0.05, 0.1) is 15.7 Å². The molecule has 0 fully saturated rings. The predicted molar refractivity (Wildman–Crippen MR) is 91.8 cm³/mol. The number of phenols is 1. The summed E-state index contributed by atoms with van der Waals surface area (Å²) in [6.07, 6.45) is 1.19. The van der Waals surface area contributed by atoms with Crippen LogP contribution >= 0.6 is 34.8 Å². The Labute approximate surface area is 147 Å². The van der Waals surface area contributed by atoms with E-state index in [4.69, 9.17) is 34.8 Å². The fraction of sp³-hybridized carbons (Fsp3) is 0. The molecule has 0 radical (unpaired) electrons. The molecule has 4 nitrogen and oxygen atoms in total. The van der Waals surface area contributed by atoms with Crippen LogP contribution in [0.2, 0.25) is 15.1 Å². The number of nitriles is 1. The first-order valence-electron chi connectivity index (χ1n) is 6.28. The number of phenolic OH excluding ortho intramolecular Hbond substituents is 1. The van der Waals surface area contributed by atoms with Gasteiger partial charge in [-0.25, -0.2) is 0 Å².